The second-order valence-corrected chi connectivity index (χ2v) is 10.1. The third-order valence-electron chi connectivity index (χ3n) is 6.51. The summed E-state index contributed by atoms with van der Waals surface area (Å²) in [6.07, 6.45) is 0.176. The van der Waals surface area contributed by atoms with Crippen molar-refractivity contribution in [3.8, 4) is 0 Å². The molecule has 0 aliphatic carbocycles. The predicted molar refractivity (Wildman–Crippen MR) is 154 cm³/mol. The lowest BCUT2D eigenvalue weighted by molar-refractivity contribution is -0.146. The molecule has 0 saturated carbocycles. The number of methoxy groups -OCH3 is 1. The third-order valence-corrected chi connectivity index (χ3v) is 6.51. The number of carbonyl (C=O) groups excluding carboxylic acids is 4. The minimum absolute atomic E-state index is 0.0558. The molecule has 0 radical (unpaired) electrons. The molecule has 16 heteroatoms. The van der Waals surface area contributed by atoms with Crippen LogP contribution in [0.2, 0.25) is 0 Å². The third kappa shape index (κ3) is 21.3. The standard InChI is InChI=1S/C28H47N3O13/c1-29-23(28(40)41)5-3-4-10-30-24(34)9-7-20(27(38)39)15-21(32)8-6-19(26(36)37)16-22(33)17-44-14-13-43-12-11-31-25(35)18-42-2/h19-20,23,29H,3-18H2,1-2H3,(H,30,34)(H,31,35)(H,36,37)(H,38,39)(H,40,41)/t19-,20-,23+/m1/s1. The van der Waals surface area contributed by atoms with Crippen LogP contribution in [-0.4, -0.2) is 123 Å². The summed E-state index contributed by atoms with van der Waals surface area (Å²) >= 11 is 0. The molecular weight excluding hydrogens is 586 g/mol. The van der Waals surface area contributed by atoms with Crippen LogP contribution in [0.4, 0.5) is 0 Å². The number of hydrogen-bond donors (Lipinski definition) is 6. The number of ether oxygens (including phenoxy) is 3. The van der Waals surface area contributed by atoms with Gasteiger partial charge in [-0.2, -0.15) is 0 Å². The number of rotatable bonds is 29. The smallest absolute Gasteiger partial charge is 0.320 e. The van der Waals surface area contributed by atoms with E-state index in [0.29, 0.717) is 25.8 Å². The quantitative estimate of drug-likeness (QED) is 0.0575. The van der Waals surface area contributed by atoms with E-state index in [1.54, 1.807) is 7.05 Å². The van der Waals surface area contributed by atoms with Crippen LogP contribution in [0.3, 0.4) is 0 Å². The van der Waals surface area contributed by atoms with E-state index in [0.717, 1.165) is 0 Å². The zero-order valence-electron chi connectivity index (χ0n) is 25.5. The molecule has 0 aromatic heterocycles. The number of unbranched alkanes of at least 4 members (excludes halogenated alkanes) is 1. The first kappa shape index (κ1) is 40.5. The Morgan fingerprint density at radius 1 is 0.636 bits per heavy atom. The fraction of sp³-hybridized carbons (Fsp3) is 0.750. The van der Waals surface area contributed by atoms with Gasteiger partial charge in [0.25, 0.3) is 0 Å². The molecular formula is C28H47N3O13. The number of carbonyl (C=O) groups is 7. The Bertz CT molecular complexity index is 928. The maximum absolute atomic E-state index is 12.4. The first-order chi connectivity index (χ1) is 20.9. The molecule has 0 heterocycles. The van der Waals surface area contributed by atoms with Gasteiger partial charge in [-0.15, -0.1) is 0 Å². The van der Waals surface area contributed by atoms with Gasteiger partial charge >= 0.3 is 17.9 Å². The molecule has 252 valence electrons. The molecule has 0 unspecified atom stereocenters. The van der Waals surface area contributed by atoms with E-state index < -0.39 is 53.3 Å². The number of carboxylic acids is 3. The fourth-order valence-electron chi connectivity index (χ4n) is 4.01. The summed E-state index contributed by atoms with van der Waals surface area (Å²) in [5.74, 6) is -7.37. The Balaban J connectivity index is 4.31. The molecule has 0 fully saturated rings. The van der Waals surface area contributed by atoms with E-state index in [1.807, 2.05) is 0 Å². The van der Waals surface area contributed by atoms with Gasteiger partial charge in [-0.3, -0.25) is 33.6 Å². The molecule has 0 aliphatic rings. The normalized spacial score (nSPS) is 13.0. The molecule has 0 aliphatic heterocycles. The van der Waals surface area contributed by atoms with Crippen molar-refractivity contribution in [1.29, 1.82) is 0 Å². The molecule has 16 nitrogen and oxygen atoms in total. The van der Waals surface area contributed by atoms with Crippen molar-refractivity contribution in [3.05, 3.63) is 0 Å². The average Bonchev–Trinajstić information content (AvgIpc) is 2.96. The Hall–Kier alpha value is -3.47. The number of likely N-dealkylation sites (N-methyl/N-ethyl adjacent to an activating group) is 1. The van der Waals surface area contributed by atoms with Gasteiger partial charge in [-0.1, -0.05) is 0 Å². The highest BCUT2D eigenvalue weighted by atomic mass is 16.5. The van der Waals surface area contributed by atoms with Crippen LogP contribution in [0.5, 0.6) is 0 Å². The van der Waals surface area contributed by atoms with Crippen LogP contribution in [-0.2, 0) is 47.8 Å². The molecule has 0 bridgehead atoms. The van der Waals surface area contributed by atoms with Gasteiger partial charge in [-0.05, 0) is 39.2 Å². The molecule has 0 saturated heterocycles. The highest BCUT2D eigenvalue weighted by molar-refractivity contribution is 5.87. The molecule has 0 aromatic rings. The van der Waals surface area contributed by atoms with Crippen LogP contribution in [0, 0.1) is 11.8 Å². The van der Waals surface area contributed by atoms with Crippen LogP contribution in [0.15, 0.2) is 0 Å². The lowest BCUT2D eigenvalue weighted by atomic mass is 9.91. The van der Waals surface area contributed by atoms with E-state index in [4.69, 9.17) is 14.6 Å². The summed E-state index contributed by atoms with van der Waals surface area (Å²) in [6, 6.07) is -0.670. The molecule has 44 heavy (non-hydrogen) atoms. The first-order valence-corrected chi connectivity index (χ1v) is 14.5. The highest BCUT2D eigenvalue weighted by Crippen LogP contribution is 2.18. The van der Waals surface area contributed by atoms with E-state index in [2.05, 4.69) is 20.7 Å². The van der Waals surface area contributed by atoms with Gasteiger partial charge in [0.05, 0.1) is 31.7 Å². The maximum atomic E-state index is 12.4. The minimum atomic E-state index is -1.26. The minimum Gasteiger partial charge on any atom is -0.481 e. The number of Topliss-reactive ketones (excluding diaryl/α,β-unsaturated/α-hetero) is 2. The monoisotopic (exact) mass is 633 g/mol. The summed E-state index contributed by atoms with van der Waals surface area (Å²) < 4.78 is 15.1. The SMILES string of the molecule is CN[C@@H](CCCCNC(=O)CC[C@H](CC(=O)CC[C@H](CC(=O)COCCOCCNC(=O)COC)C(=O)O)C(=O)O)C(=O)O. The van der Waals surface area contributed by atoms with Crippen molar-refractivity contribution in [2.45, 2.75) is 63.8 Å². The van der Waals surface area contributed by atoms with Crippen LogP contribution < -0.4 is 16.0 Å². The number of aliphatic carboxylic acids is 3. The number of amides is 2. The summed E-state index contributed by atoms with van der Waals surface area (Å²) in [6.45, 7) is 0.644. The molecule has 2 amide bonds. The number of carboxylic acid groups (broad SMARTS) is 3. The number of hydrogen-bond acceptors (Lipinski definition) is 11. The van der Waals surface area contributed by atoms with Gasteiger partial charge in [0.1, 0.15) is 25.0 Å². The maximum Gasteiger partial charge on any atom is 0.320 e. The predicted octanol–water partition coefficient (Wildman–Crippen LogP) is -0.378. The van der Waals surface area contributed by atoms with Crippen molar-refractivity contribution in [2.24, 2.45) is 11.8 Å². The Morgan fingerprint density at radius 2 is 1.23 bits per heavy atom. The van der Waals surface area contributed by atoms with E-state index in [1.165, 1.54) is 7.11 Å². The van der Waals surface area contributed by atoms with Gasteiger partial charge in [0, 0.05) is 45.9 Å². The fourth-order valence-corrected chi connectivity index (χ4v) is 4.01. The highest BCUT2D eigenvalue weighted by Gasteiger charge is 2.26. The summed E-state index contributed by atoms with van der Waals surface area (Å²) in [7, 11) is 2.95. The topological polar surface area (TPSA) is 244 Å². The van der Waals surface area contributed by atoms with E-state index >= 15 is 0 Å². The van der Waals surface area contributed by atoms with Gasteiger partial charge in [0.2, 0.25) is 11.8 Å². The summed E-state index contributed by atoms with van der Waals surface area (Å²) in [4.78, 5) is 82.0. The van der Waals surface area contributed by atoms with E-state index in [-0.39, 0.29) is 84.0 Å². The van der Waals surface area contributed by atoms with Crippen LogP contribution in [0.1, 0.15) is 57.8 Å². The van der Waals surface area contributed by atoms with Crippen molar-refractivity contribution in [3.63, 3.8) is 0 Å². The van der Waals surface area contributed by atoms with Crippen molar-refractivity contribution < 1.29 is 63.1 Å². The van der Waals surface area contributed by atoms with Gasteiger partial charge < -0.3 is 45.5 Å². The Morgan fingerprint density at radius 3 is 1.82 bits per heavy atom. The van der Waals surface area contributed by atoms with Crippen LogP contribution >= 0.6 is 0 Å². The molecule has 3 atom stereocenters. The molecule has 0 rings (SSSR count). The molecule has 0 spiro atoms. The average molecular weight is 634 g/mol. The van der Waals surface area contributed by atoms with Gasteiger partial charge in [0.15, 0.2) is 5.78 Å². The largest absolute Gasteiger partial charge is 0.481 e. The number of nitrogens with one attached hydrogen (secondary N) is 3. The van der Waals surface area contributed by atoms with Gasteiger partial charge in [-0.25, -0.2) is 0 Å². The lowest BCUT2D eigenvalue weighted by Gasteiger charge is -2.14. The first-order valence-electron chi connectivity index (χ1n) is 14.5. The second-order valence-electron chi connectivity index (χ2n) is 10.1. The molecule has 6 N–H and O–H groups in total. The summed E-state index contributed by atoms with van der Waals surface area (Å²) in [5.41, 5.74) is 0. The van der Waals surface area contributed by atoms with E-state index in [9.17, 15) is 43.8 Å². The Kier molecular flexibility index (Phi) is 23.0. The zero-order chi connectivity index (χ0) is 33.3. The van der Waals surface area contributed by atoms with Crippen LogP contribution in [0.25, 0.3) is 0 Å². The lowest BCUT2D eigenvalue weighted by Crippen LogP contribution is -2.34. The van der Waals surface area contributed by atoms with Crippen molar-refractivity contribution in [1.82, 2.24) is 16.0 Å². The summed E-state index contributed by atoms with van der Waals surface area (Å²) in [5, 5.41) is 35.8. The second kappa shape index (κ2) is 24.9. The number of ketones is 2. The molecule has 0 aromatic carbocycles. The van der Waals surface area contributed by atoms with Crippen molar-refractivity contribution >= 4 is 41.3 Å². The van der Waals surface area contributed by atoms with Crippen molar-refractivity contribution in [2.75, 3.05) is 60.3 Å². The Labute approximate surface area is 256 Å². The zero-order valence-corrected chi connectivity index (χ0v) is 25.5.